The summed E-state index contributed by atoms with van der Waals surface area (Å²) in [6.07, 6.45) is 0. The zero-order chi connectivity index (χ0) is 16.9. The molecule has 0 amide bonds. The van der Waals surface area contributed by atoms with Crippen molar-refractivity contribution >= 4 is 20.7 Å². The van der Waals surface area contributed by atoms with Crippen molar-refractivity contribution in [3.8, 4) is 0 Å². The van der Waals surface area contributed by atoms with Crippen LogP contribution in [-0.2, 0) is 20.7 Å². The Hall–Kier alpha value is -2.18. The average Bonchev–Trinajstić information content (AvgIpc) is 2.58. The van der Waals surface area contributed by atoms with E-state index in [2.05, 4.69) is 0 Å². The van der Waals surface area contributed by atoms with Crippen LogP contribution in [0.4, 0.5) is 8.78 Å². The van der Waals surface area contributed by atoms with Crippen LogP contribution in [0.25, 0.3) is 0 Å². The lowest BCUT2D eigenvalue weighted by atomic mass is 10.3. The van der Waals surface area contributed by atoms with Crippen LogP contribution >= 0.6 is 0 Å². The molecule has 0 saturated heterocycles. The first-order valence-corrected chi connectivity index (χ1v) is 9.83. The molecule has 1 aliphatic heterocycles. The Balaban J connectivity index is 2.07. The van der Waals surface area contributed by atoms with Crippen molar-refractivity contribution in [2.75, 3.05) is 0 Å². The summed E-state index contributed by atoms with van der Waals surface area (Å²) < 4.78 is 52.8. The summed E-state index contributed by atoms with van der Waals surface area (Å²) in [7, 11) is -4.43. The van der Waals surface area contributed by atoms with E-state index in [0.29, 0.717) is 14.7 Å². The van der Waals surface area contributed by atoms with Crippen LogP contribution in [0.5, 0.6) is 0 Å². The molecule has 0 bridgehead atoms. The molecule has 2 nitrogen and oxygen atoms in total. The summed E-state index contributed by atoms with van der Waals surface area (Å²) >= 11 is 0. The molecule has 0 aliphatic carbocycles. The molecule has 3 aromatic carbocycles. The highest BCUT2D eigenvalue weighted by Crippen LogP contribution is 2.44. The number of hydrogen-bond donors (Lipinski definition) is 0. The largest absolute Gasteiger partial charge is 0.218 e. The molecule has 24 heavy (non-hydrogen) atoms. The van der Waals surface area contributed by atoms with Crippen LogP contribution in [0.1, 0.15) is 0 Å². The van der Waals surface area contributed by atoms with Gasteiger partial charge in [-0.2, -0.15) is 0 Å². The van der Waals surface area contributed by atoms with E-state index < -0.39 is 32.4 Å². The minimum absolute atomic E-state index is 0.219. The molecule has 1 heterocycles. The predicted molar refractivity (Wildman–Crippen MR) is 86.9 cm³/mol. The molecule has 0 aromatic heterocycles. The van der Waals surface area contributed by atoms with Gasteiger partial charge < -0.3 is 0 Å². The lowest BCUT2D eigenvalue weighted by Crippen LogP contribution is -2.20. The molecular weight excluding hydrogens is 350 g/mol. The van der Waals surface area contributed by atoms with Crippen LogP contribution in [0.2, 0.25) is 0 Å². The normalized spacial score (nSPS) is 15.6. The monoisotopic (exact) mass is 361 g/mol. The molecule has 0 radical (unpaired) electrons. The van der Waals surface area contributed by atoms with Gasteiger partial charge in [-0.25, -0.2) is 17.2 Å². The fourth-order valence-corrected chi connectivity index (χ4v) is 7.49. The van der Waals surface area contributed by atoms with Crippen molar-refractivity contribution in [3.05, 3.63) is 78.4 Å². The van der Waals surface area contributed by atoms with Gasteiger partial charge in [-0.05, 0) is 36.4 Å². The van der Waals surface area contributed by atoms with Gasteiger partial charge in [0.05, 0.1) is 0 Å². The summed E-state index contributed by atoms with van der Waals surface area (Å²) in [5, 5.41) is 0. The zero-order valence-corrected chi connectivity index (χ0v) is 13.9. The Morgan fingerprint density at radius 1 is 0.708 bits per heavy atom. The maximum atomic E-state index is 13.7. The molecule has 3 aromatic rings. The van der Waals surface area contributed by atoms with Gasteiger partial charge in [0, 0.05) is 6.07 Å². The predicted octanol–water partition coefficient (Wildman–Crippen LogP) is 4.21. The van der Waals surface area contributed by atoms with Gasteiger partial charge >= 0.3 is 0 Å². The van der Waals surface area contributed by atoms with E-state index >= 15 is 0 Å². The third-order valence-electron chi connectivity index (χ3n) is 3.84. The van der Waals surface area contributed by atoms with Crippen LogP contribution in [-0.4, -0.2) is 8.42 Å². The topological polar surface area (TPSA) is 34.1 Å². The highest BCUT2D eigenvalue weighted by molar-refractivity contribution is 8.00. The van der Waals surface area contributed by atoms with Crippen LogP contribution in [0.3, 0.4) is 0 Å². The lowest BCUT2D eigenvalue weighted by Gasteiger charge is -2.19. The Bertz CT molecular complexity index is 1010. The summed E-state index contributed by atoms with van der Waals surface area (Å²) in [6.45, 7) is 0. The van der Waals surface area contributed by atoms with Crippen LogP contribution in [0.15, 0.2) is 91.2 Å². The third-order valence-corrected chi connectivity index (χ3v) is 8.29. The fourth-order valence-electron chi connectivity index (χ4n) is 2.78. The standard InChI is InChI=1S/C18H11F2O2S2/c19-13-10-9-12(11-14(13)20)23-15-5-1-3-7-17(15)24(21,22)18-8-4-2-6-16(18)23/h1-11H/q+1. The van der Waals surface area contributed by atoms with Crippen molar-refractivity contribution < 1.29 is 17.2 Å². The van der Waals surface area contributed by atoms with E-state index in [0.717, 1.165) is 12.1 Å². The molecule has 6 heteroatoms. The minimum Gasteiger partial charge on any atom is -0.218 e. The first kappa shape index (κ1) is 15.4. The smallest absolute Gasteiger partial charge is 0.216 e. The van der Waals surface area contributed by atoms with Gasteiger partial charge in [0.25, 0.3) is 0 Å². The number of fused-ring (bicyclic) bond motifs is 2. The minimum atomic E-state index is -3.62. The third kappa shape index (κ3) is 2.17. The van der Waals surface area contributed by atoms with Crippen molar-refractivity contribution in [2.45, 2.75) is 24.5 Å². The van der Waals surface area contributed by atoms with Crippen molar-refractivity contribution in [1.29, 1.82) is 0 Å². The van der Waals surface area contributed by atoms with Crippen molar-refractivity contribution in [1.82, 2.24) is 0 Å². The van der Waals surface area contributed by atoms with Gasteiger partial charge in [0.1, 0.15) is 20.7 Å². The Morgan fingerprint density at radius 2 is 1.25 bits per heavy atom. The maximum absolute atomic E-state index is 13.7. The molecule has 0 N–H and O–H groups in total. The van der Waals surface area contributed by atoms with E-state index in [-0.39, 0.29) is 9.79 Å². The number of rotatable bonds is 1. The quantitative estimate of drug-likeness (QED) is 0.476. The van der Waals surface area contributed by atoms with Gasteiger partial charge in [-0.1, -0.05) is 24.3 Å². The average molecular weight is 361 g/mol. The SMILES string of the molecule is O=S1(=O)c2ccccc2[S+](c2ccc(F)c(F)c2)c2ccccc21. The first-order valence-electron chi connectivity index (χ1n) is 7.12. The van der Waals surface area contributed by atoms with Gasteiger partial charge in [-0.15, -0.1) is 0 Å². The number of halogens is 2. The fraction of sp³-hybridized carbons (Fsp3) is 0. The highest BCUT2D eigenvalue weighted by atomic mass is 32.2. The van der Waals surface area contributed by atoms with Gasteiger partial charge in [0.2, 0.25) is 9.84 Å². The summed E-state index contributed by atoms with van der Waals surface area (Å²) in [4.78, 5) is 2.18. The molecule has 0 saturated carbocycles. The molecule has 0 fully saturated rings. The highest BCUT2D eigenvalue weighted by Gasteiger charge is 2.44. The molecule has 120 valence electrons. The van der Waals surface area contributed by atoms with E-state index in [4.69, 9.17) is 0 Å². The molecule has 0 atom stereocenters. The second-order valence-corrected chi connectivity index (χ2v) is 9.13. The van der Waals surface area contributed by atoms with E-state index in [1.165, 1.54) is 6.07 Å². The van der Waals surface area contributed by atoms with Gasteiger partial charge in [-0.3, -0.25) is 0 Å². The van der Waals surface area contributed by atoms with E-state index in [9.17, 15) is 17.2 Å². The molecule has 0 unspecified atom stereocenters. The van der Waals surface area contributed by atoms with Crippen LogP contribution in [0, 0.1) is 11.6 Å². The number of hydrogen-bond acceptors (Lipinski definition) is 2. The summed E-state index contributed by atoms with van der Waals surface area (Å²) in [5.74, 6) is -1.86. The van der Waals surface area contributed by atoms with E-state index in [1.54, 1.807) is 48.5 Å². The maximum Gasteiger partial charge on any atom is 0.216 e. The number of sulfone groups is 1. The second-order valence-electron chi connectivity index (χ2n) is 5.28. The first-order chi connectivity index (χ1) is 11.5. The number of benzene rings is 3. The molecule has 1 aliphatic rings. The molecule has 4 rings (SSSR count). The zero-order valence-electron chi connectivity index (χ0n) is 12.2. The summed E-state index contributed by atoms with van der Waals surface area (Å²) in [6, 6.07) is 17.1. The van der Waals surface area contributed by atoms with Crippen LogP contribution < -0.4 is 0 Å². The van der Waals surface area contributed by atoms with Gasteiger partial charge in [0.15, 0.2) is 26.3 Å². The molecule has 0 spiro atoms. The Labute approximate surface area is 141 Å². The van der Waals surface area contributed by atoms with Crippen molar-refractivity contribution in [3.63, 3.8) is 0 Å². The van der Waals surface area contributed by atoms with Crippen molar-refractivity contribution in [2.24, 2.45) is 0 Å². The van der Waals surface area contributed by atoms with E-state index in [1.807, 2.05) is 0 Å². The lowest BCUT2D eigenvalue weighted by molar-refractivity contribution is 0.505. The summed E-state index contributed by atoms with van der Waals surface area (Å²) in [5.41, 5.74) is 0. The Morgan fingerprint density at radius 3 is 1.79 bits per heavy atom. The second kappa shape index (κ2) is 5.43. The Kier molecular flexibility index (Phi) is 3.47. The molecular formula is C18H11F2O2S2+.